The Hall–Kier alpha value is -2.13. The maximum atomic E-state index is 13.1. The van der Waals surface area contributed by atoms with Crippen molar-refractivity contribution in [3.8, 4) is 5.75 Å². The Morgan fingerprint density at radius 1 is 1.09 bits per heavy atom. The number of rotatable bonds is 5. The number of carbonyl (C=O) groups excluding carboxylic acids is 1. The summed E-state index contributed by atoms with van der Waals surface area (Å²) < 4.78 is 11.1. The van der Waals surface area contributed by atoms with Gasteiger partial charge in [-0.05, 0) is 50.5 Å². The molecule has 2 aromatic carbocycles. The maximum absolute atomic E-state index is 13.1. The summed E-state index contributed by atoms with van der Waals surface area (Å²) in [6.45, 7) is 9.22. The lowest BCUT2D eigenvalue weighted by atomic mass is 9.93. The summed E-state index contributed by atoms with van der Waals surface area (Å²) in [5.74, 6) is 0.676. The molecule has 1 aliphatic heterocycles. The van der Waals surface area contributed by atoms with Gasteiger partial charge in [0.25, 0.3) is 0 Å². The summed E-state index contributed by atoms with van der Waals surface area (Å²) in [5, 5.41) is 0. The van der Waals surface area contributed by atoms with Crippen LogP contribution < -0.4 is 4.74 Å². The molecular formula is C20H22O3. The van der Waals surface area contributed by atoms with E-state index in [9.17, 15) is 4.79 Å². The highest BCUT2D eigenvalue weighted by atomic mass is 16.6. The van der Waals surface area contributed by atoms with Crippen LogP contribution in [0.1, 0.15) is 38.2 Å². The fourth-order valence-electron chi connectivity index (χ4n) is 2.88. The van der Waals surface area contributed by atoms with E-state index in [1.54, 1.807) is 0 Å². The average molecular weight is 310 g/mol. The summed E-state index contributed by atoms with van der Waals surface area (Å²) in [5.41, 5.74) is 5.57. The Bertz CT molecular complexity index is 758. The minimum absolute atomic E-state index is 0.0201. The molecule has 0 saturated carbocycles. The van der Waals surface area contributed by atoms with Crippen molar-refractivity contribution in [1.82, 2.24) is 0 Å². The monoisotopic (exact) mass is 310 g/mol. The molecule has 3 nitrogen and oxygen atoms in total. The largest absolute Gasteiger partial charge is 0.490 e. The van der Waals surface area contributed by atoms with Gasteiger partial charge < -0.3 is 9.47 Å². The number of epoxide rings is 1. The molecule has 3 heteroatoms. The Kier molecular flexibility index (Phi) is 4.22. The van der Waals surface area contributed by atoms with Gasteiger partial charge in [-0.1, -0.05) is 29.8 Å². The van der Waals surface area contributed by atoms with Gasteiger partial charge in [-0.3, -0.25) is 4.79 Å². The van der Waals surface area contributed by atoms with Crippen LogP contribution in [0.4, 0.5) is 0 Å². The highest BCUT2D eigenvalue weighted by Crippen LogP contribution is 2.29. The molecule has 0 spiro atoms. The molecule has 0 aromatic heterocycles. The zero-order valence-electron chi connectivity index (χ0n) is 14.1. The van der Waals surface area contributed by atoms with Crippen LogP contribution in [0, 0.1) is 27.7 Å². The molecule has 23 heavy (non-hydrogen) atoms. The average Bonchev–Trinajstić information content (AvgIpc) is 3.28. The standard InChI is InChI=1S/C20H22O3/c1-12-5-6-17(14(3)7-12)20(21)19-15(4)8-13(2)9-18(19)23-11-16-10-22-16/h5-9,16H,10-11H2,1-4H3. The molecular weight excluding hydrogens is 288 g/mol. The van der Waals surface area contributed by atoms with Gasteiger partial charge in [-0.2, -0.15) is 0 Å². The zero-order valence-corrected chi connectivity index (χ0v) is 14.1. The number of carbonyl (C=O) groups is 1. The van der Waals surface area contributed by atoms with E-state index in [0.717, 1.165) is 34.4 Å². The van der Waals surface area contributed by atoms with Crippen molar-refractivity contribution in [1.29, 1.82) is 0 Å². The Morgan fingerprint density at radius 3 is 2.43 bits per heavy atom. The van der Waals surface area contributed by atoms with E-state index >= 15 is 0 Å². The van der Waals surface area contributed by atoms with Crippen LogP contribution in [0.3, 0.4) is 0 Å². The highest BCUT2D eigenvalue weighted by Gasteiger charge is 2.25. The molecule has 1 saturated heterocycles. The summed E-state index contributed by atoms with van der Waals surface area (Å²) >= 11 is 0. The summed E-state index contributed by atoms with van der Waals surface area (Å²) in [6, 6.07) is 9.88. The minimum atomic E-state index is 0.0201. The predicted octanol–water partition coefficient (Wildman–Crippen LogP) is 3.93. The number of benzene rings is 2. The first-order chi connectivity index (χ1) is 11.0. The first-order valence-electron chi connectivity index (χ1n) is 7.93. The molecule has 1 aliphatic rings. The molecule has 0 N–H and O–H groups in total. The van der Waals surface area contributed by atoms with Crippen LogP contribution in [0.15, 0.2) is 30.3 Å². The third-order valence-corrected chi connectivity index (χ3v) is 4.12. The van der Waals surface area contributed by atoms with Crippen LogP contribution in [-0.4, -0.2) is 25.1 Å². The van der Waals surface area contributed by atoms with Crippen LogP contribution in [0.25, 0.3) is 0 Å². The van der Waals surface area contributed by atoms with E-state index in [1.807, 2.05) is 58.0 Å². The number of hydrogen-bond donors (Lipinski definition) is 0. The highest BCUT2D eigenvalue weighted by molar-refractivity contribution is 6.12. The van der Waals surface area contributed by atoms with Gasteiger partial charge in [0.2, 0.25) is 0 Å². The Labute approximate surface area is 137 Å². The van der Waals surface area contributed by atoms with Gasteiger partial charge in [0, 0.05) is 5.56 Å². The predicted molar refractivity (Wildman–Crippen MR) is 90.5 cm³/mol. The second-order valence-corrected chi connectivity index (χ2v) is 6.37. The topological polar surface area (TPSA) is 38.8 Å². The molecule has 0 radical (unpaired) electrons. The molecule has 1 atom stereocenters. The molecule has 3 rings (SSSR count). The third-order valence-electron chi connectivity index (χ3n) is 4.12. The molecule has 0 aliphatic carbocycles. The van der Waals surface area contributed by atoms with Gasteiger partial charge in [0.1, 0.15) is 18.5 Å². The van der Waals surface area contributed by atoms with Crippen LogP contribution >= 0.6 is 0 Å². The van der Waals surface area contributed by atoms with Crippen molar-refractivity contribution in [2.45, 2.75) is 33.8 Å². The fraction of sp³-hybridized carbons (Fsp3) is 0.350. The van der Waals surface area contributed by atoms with Crippen LogP contribution in [-0.2, 0) is 4.74 Å². The molecule has 1 heterocycles. The van der Waals surface area contributed by atoms with Crippen molar-refractivity contribution >= 4 is 5.78 Å². The molecule has 1 unspecified atom stereocenters. The second kappa shape index (κ2) is 6.17. The first kappa shape index (κ1) is 15.8. The van der Waals surface area contributed by atoms with Gasteiger partial charge in [-0.25, -0.2) is 0 Å². The van der Waals surface area contributed by atoms with Gasteiger partial charge >= 0.3 is 0 Å². The van der Waals surface area contributed by atoms with E-state index in [0.29, 0.717) is 17.9 Å². The second-order valence-electron chi connectivity index (χ2n) is 6.37. The van der Waals surface area contributed by atoms with Crippen molar-refractivity contribution < 1.29 is 14.3 Å². The quantitative estimate of drug-likeness (QED) is 0.620. The number of ketones is 1. The SMILES string of the molecule is Cc1ccc(C(=O)c2c(C)cc(C)cc2OCC2CO2)c(C)c1. The summed E-state index contributed by atoms with van der Waals surface area (Å²) in [6.07, 6.45) is 0.167. The minimum Gasteiger partial charge on any atom is -0.490 e. The lowest BCUT2D eigenvalue weighted by Gasteiger charge is -2.15. The fourth-order valence-corrected chi connectivity index (χ4v) is 2.88. The van der Waals surface area contributed by atoms with E-state index in [1.165, 1.54) is 0 Å². The van der Waals surface area contributed by atoms with Crippen molar-refractivity contribution in [2.24, 2.45) is 0 Å². The van der Waals surface area contributed by atoms with E-state index in [-0.39, 0.29) is 11.9 Å². The molecule has 0 bridgehead atoms. The Balaban J connectivity index is 2.00. The van der Waals surface area contributed by atoms with E-state index in [2.05, 4.69) is 0 Å². The first-order valence-corrected chi connectivity index (χ1v) is 7.93. The van der Waals surface area contributed by atoms with Gasteiger partial charge in [0.15, 0.2) is 5.78 Å². The van der Waals surface area contributed by atoms with Crippen LogP contribution in [0.5, 0.6) is 5.75 Å². The van der Waals surface area contributed by atoms with E-state index in [4.69, 9.17) is 9.47 Å². The number of aryl methyl sites for hydroxylation is 4. The normalized spacial score (nSPS) is 16.3. The van der Waals surface area contributed by atoms with Crippen molar-refractivity contribution in [2.75, 3.05) is 13.2 Å². The molecule has 2 aromatic rings. The number of ether oxygens (including phenoxy) is 2. The lowest BCUT2D eigenvalue weighted by Crippen LogP contribution is -2.12. The van der Waals surface area contributed by atoms with Crippen molar-refractivity contribution in [3.63, 3.8) is 0 Å². The maximum Gasteiger partial charge on any atom is 0.197 e. The number of hydrogen-bond acceptors (Lipinski definition) is 3. The molecule has 0 amide bonds. The smallest absolute Gasteiger partial charge is 0.197 e. The van der Waals surface area contributed by atoms with Crippen LogP contribution in [0.2, 0.25) is 0 Å². The molecule has 120 valence electrons. The Morgan fingerprint density at radius 2 is 1.78 bits per heavy atom. The van der Waals surface area contributed by atoms with E-state index < -0.39 is 0 Å². The van der Waals surface area contributed by atoms with Gasteiger partial charge in [-0.15, -0.1) is 0 Å². The summed E-state index contributed by atoms with van der Waals surface area (Å²) in [4.78, 5) is 13.1. The summed E-state index contributed by atoms with van der Waals surface area (Å²) in [7, 11) is 0. The van der Waals surface area contributed by atoms with Crippen molar-refractivity contribution in [3.05, 3.63) is 63.7 Å². The lowest BCUT2D eigenvalue weighted by molar-refractivity contribution is 0.103. The molecule has 1 fully saturated rings. The zero-order chi connectivity index (χ0) is 16.6. The third kappa shape index (κ3) is 3.45. The van der Waals surface area contributed by atoms with Gasteiger partial charge in [0.05, 0.1) is 12.2 Å².